The second kappa shape index (κ2) is 5.59. The Morgan fingerprint density at radius 1 is 1.40 bits per heavy atom. The first-order valence-corrected chi connectivity index (χ1v) is 8.48. The lowest BCUT2D eigenvalue weighted by Gasteiger charge is -2.22. The maximum absolute atomic E-state index is 13.9. The second-order valence-corrected chi connectivity index (χ2v) is 7.66. The summed E-state index contributed by atoms with van der Waals surface area (Å²) in [5, 5.41) is 10.1. The molecule has 8 heteroatoms. The molecule has 1 aromatic carbocycles. The van der Waals surface area contributed by atoms with Gasteiger partial charge in [0.2, 0.25) is 10.0 Å². The van der Waals surface area contributed by atoms with Gasteiger partial charge in [-0.15, -0.1) is 0 Å². The van der Waals surface area contributed by atoms with Crippen LogP contribution in [0.2, 0.25) is 0 Å². The number of rotatable bonds is 4. The number of aliphatic hydroxyl groups is 1. The number of sulfonamides is 1. The SMILES string of the molecule is Nc1cc(Br)c(F)c(S(=O)(=O)NCC2(O)CCCC2)c1. The van der Waals surface area contributed by atoms with Gasteiger partial charge in [0.25, 0.3) is 0 Å². The summed E-state index contributed by atoms with van der Waals surface area (Å²) in [6.07, 6.45) is 2.80. The third kappa shape index (κ3) is 3.30. The molecule has 20 heavy (non-hydrogen) atoms. The van der Waals surface area contributed by atoms with Gasteiger partial charge in [-0.2, -0.15) is 0 Å². The van der Waals surface area contributed by atoms with Gasteiger partial charge in [-0.1, -0.05) is 12.8 Å². The Kier molecular flexibility index (Phi) is 4.38. The van der Waals surface area contributed by atoms with Gasteiger partial charge in [0, 0.05) is 12.2 Å². The van der Waals surface area contributed by atoms with Crippen LogP contribution in [0, 0.1) is 5.82 Å². The van der Waals surface area contributed by atoms with Crippen molar-refractivity contribution in [1.82, 2.24) is 4.72 Å². The van der Waals surface area contributed by atoms with Gasteiger partial charge in [-0.05, 0) is 40.9 Å². The van der Waals surface area contributed by atoms with Crippen molar-refractivity contribution in [3.05, 3.63) is 22.4 Å². The minimum atomic E-state index is -4.06. The number of anilines is 1. The summed E-state index contributed by atoms with van der Waals surface area (Å²) in [5.41, 5.74) is 4.63. The molecule has 0 saturated heterocycles. The van der Waals surface area contributed by atoms with E-state index in [4.69, 9.17) is 5.73 Å². The molecule has 1 aromatic rings. The Morgan fingerprint density at radius 2 is 2.00 bits per heavy atom. The van der Waals surface area contributed by atoms with Crippen molar-refractivity contribution in [2.45, 2.75) is 36.2 Å². The van der Waals surface area contributed by atoms with Crippen LogP contribution in [0.3, 0.4) is 0 Å². The molecule has 0 heterocycles. The van der Waals surface area contributed by atoms with Crippen LogP contribution in [0.5, 0.6) is 0 Å². The zero-order valence-corrected chi connectivity index (χ0v) is 13.1. The molecule has 0 spiro atoms. The molecule has 0 atom stereocenters. The molecular formula is C12H16BrFN2O3S. The molecule has 0 bridgehead atoms. The lowest BCUT2D eigenvalue weighted by molar-refractivity contribution is 0.0531. The van der Waals surface area contributed by atoms with Gasteiger partial charge in [0.05, 0.1) is 10.1 Å². The minimum absolute atomic E-state index is 0.0162. The van der Waals surface area contributed by atoms with E-state index in [-0.39, 0.29) is 16.7 Å². The van der Waals surface area contributed by atoms with Gasteiger partial charge in [-0.25, -0.2) is 17.5 Å². The van der Waals surface area contributed by atoms with Crippen LogP contribution in [0.1, 0.15) is 25.7 Å². The molecule has 1 saturated carbocycles. The van der Waals surface area contributed by atoms with Gasteiger partial charge >= 0.3 is 0 Å². The fourth-order valence-corrected chi connectivity index (χ4v) is 4.16. The summed E-state index contributed by atoms with van der Waals surface area (Å²) < 4.78 is 40.4. The predicted octanol–water partition coefficient (Wildman–Crippen LogP) is 1.75. The van der Waals surface area contributed by atoms with Crippen LogP contribution in [-0.2, 0) is 10.0 Å². The van der Waals surface area contributed by atoms with Crippen LogP contribution in [0.4, 0.5) is 10.1 Å². The maximum Gasteiger partial charge on any atom is 0.243 e. The average Bonchev–Trinajstić information content (AvgIpc) is 2.79. The fraction of sp³-hybridized carbons (Fsp3) is 0.500. The van der Waals surface area contributed by atoms with E-state index in [1.165, 1.54) is 6.07 Å². The fourth-order valence-electron chi connectivity index (χ4n) is 2.30. The molecule has 4 N–H and O–H groups in total. The first-order chi connectivity index (χ1) is 9.23. The molecule has 0 aromatic heterocycles. The van der Waals surface area contributed by atoms with Crippen molar-refractivity contribution in [3.63, 3.8) is 0 Å². The number of halogens is 2. The van der Waals surface area contributed by atoms with E-state index in [2.05, 4.69) is 20.7 Å². The first-order valence-electron chi connectivity index (χ1n) is 6.20. The van der Waals surface area contributed by atoms with Crippen molar-refractivity contribution >= 4 is 31.6 Å². The van der Waals surface area contributed by atoms with E-state index in [0.29, 0.717) is 12.8 Å². The molecule has 0 amide bonds. The first kappa shape index (κ1) is 15.7. The zero-order chi connectivity index (χ0) is 15.0. The molecule has 2 rings (SSSR count). The van der Waals surface area contributed by atoms with Crippen LogP contribution >= 0.6 is 15.9 Å². The van der Waals surface area contributed by atoms with E-state index in [1.807, 2.05) is 0 Å². The van der Waals surface area contributed by atoms with Crippen LogP contribution in [0.25, 0.3) is 0 Å². The average molecular weight is 367 g/mol. The van der Waals surface area contributed by atoms with Gasteiger partial charge < -0.3 is 10.8 Å². The summed E-state index contributed by atoms with van der Waals surface area (Å²) in [4.78, 5) is -0.522. The lowest BCUT2D eigenvalue weighted by Crippen LogP contribution is -2.41. The van der Waals surface area contributed by atoms with Crippen molar-refractivity contribution in [2.75, 3.05) is 12.3 Å². The normalized spacial score (nSPS) is 18.4. The minimum Gasteiger partial charge on any atom is -0.399 e. The largest absolute Gasteiger partial charge is 0.399 e. The molecule has 1 aliphatic rings. The van der Waals surface area contributed by atoms with Crippen LogP contribution in [0.15, 0.2) is 21.5 Å². The smallest absolute Gasteiger partial charge is 0.243 e. The topological polar surface area (TPSA) is 92.4 Å². The molecule has 5 nitrogen and oxygen atoms in total. The molecular weight excluding hydrogens is 351 g/mol. The van der Waals surface area contributed by atoms with Crippen LogP contribution in [-0.4, -0.2) is 25.7 Å². The number of hydrogen-bond donors (Lipinski definition) is 3. The van der Waals surface area contributed by atoms with Crippen molar-refractivity contribution in [3.8, 4) is 0 Å². The van der Waals surface area contributed by atoms with Crippen molar-refractivity contribution in [1.29, 1.82) is 0 Å². The maximum atomic E-state index is 13.9. The third-order valence-electron chi connectivity index (χ3n) is 3.43. The molecule has 0 aliphatic heterocycles. The second-order valence-electron chi connectivity index (χ2n) is 5.07. The van der Waals surface area contributed by atoms with Crippen LogP contribution < -0.4 is 10.5 Å². The van der Waals surface area contributed by atoms with Crippen molar-refractivity contribution in [2.24, 2.45) is 0 Å². The van der Waals surface area contributed by atoms with Crippen molar-refractivity contribution < 1.29 is 17.9 Å². The monoisotopic (exact) mass is 366 g/mol. The van der Waals surface area contributed by atoms with E-state index in [1.54, 1.807) is 0 Å². The Balaban J connectivity index is 2.22. The van der Waals surface area contributed by atoms with Gasteiger partial charge in [0.1, 0.15) is 4.90 Å². The van der Waals surface area contributed by atoms with Gasteiger partial charge in [-0.3, -0.25) is 0 Å². The summed E-state index contributed by atoms with van der Waals surface area (Å²) >= 11 is 2.92. The highest BCUT2D eigenvalue weighted by molar-refractivity contribution is 9.10. The molecule has 1 fully saturated rings. The number of nitrogens with one attached hydrogen (secondary N) is 1. The lowest BCUT2D eigenvalue weighted by atomic mass is 10.0. The number of nitrogen functional groups attached to an aromatic ring is 1. The Morgan fingerprint density at radius 3 is 2.60 bits per heavy atom. The highest BCUT2D eigenvalue weighted by Gasteiger charge is 2.33. The van der Waals surface area contributed by atoms with E-state index in [0.717, 1.165) is 18.9 Å². The summed E-state index contributed by atoms with van der Waals surface area (Å²) in [5.74, 6) is -0.898. The number of nitrogens with two attached hydrogens (primary N) is 1. The van der Waals surface area contributed by atoms with E-state index >= 15 is 0 Å². The zero-order valence-electron chi connectivity index (χ0n) is 10.7. The standard InChI is InChI=1S/C12H16BrFN2O3S/c13-9-5-8(15)6-10(11(9)14)20(18,19)16-7-12(17)3-1-2-4-12/h5-6,16-17H,1-4,7,15H2. The molecule has 112 valence electrons. The number of benzene rings is 1. The Bertz CT molecular complexity index is 615. The Hall–Kier alpha value is -0.700. The van der Waals surface area contributed by atoms with E-state index < -0.39 is 26.3 Å². The predicted molar refractivity (Wildman–Crippen MR) is 77.1 cm³/mol. The summed E-state index contributed by atoms with van der Waals surface area (Å²) in [6, 6.07) is 2.35. The molecule has 0 radical (unpaired) electrons. The highest BCUT2D eigenvalue weighted by atomic mass is 79.9. The highest BCUT2D eigenvalue weighted by Crippen LogP contribution is 2.30. The summed E-state index contributed by atoms with van der Waals surface area (Å²) in [7, 11) is -4.06. The van der Waals surface area contributed by atoms with Gasteiger partial charge in [0.15, 0.2) is 5.82 Å². The summed E-state index contributed by atoms with van der Waals surface area (Å²) in [6.45, 7) is -0.124. The molecule has 1 aliphatic carbocycles. The third-order valence-corrected chi connectivity index (χ3v) is 5.41. The molecule has 0 unspecified atom stereocenters. The van der Waals surface area contributed by atoms with E-state index in [9.17, 15) is 17.9 Å². The Labute approximate surface area is 125 Å². The number of hydrogen-bond acceptors (Lipinski definition) is 4. The quantitative estimate of drug-likeness (QED) is 0.707.